The molecule has 1 heterocycles. The van der Waals surface area contributed by atoms with Crippen LogP contribution in [0.1, 0.15) is 38.9 Å². The zero-order valence-corrected chi connectivity index (χ0v) is 27.0. The second-order valence-electron chi connectivity index (χ2n) is 13.2. The van der Waals surface area contributed by atoms with E-state index >= 15 is 0 Å². The summed E-state index contributed by atoms with van der Waals surface area (Å²) in [6, 6.07) is 59.0. The van der Waals surface area contributed by atoms with Crippen LogP contribution in [0, 0.1) is 20.8 Å². The van der Waals surface area contributed by atoms with Crippen molar-refractivity contribution in [1.29, 1.82) is 0 Å². The lowest BCUT2D eigenvalue weighted by Crippen LogP contribution is -2.28. The van der Waals surface area contributed by atoms with Gasteiger partial charge in [-0.1, -0.05) is 138 Å². The molecule has 9 rings (SSSR count). The minimum atomic E-state index is -0.387. The Morgan fingerprint density at radius 3 is 1.49 bits per heavy atom. The van der Waals surface area contributed by atoms with Gasteiger partial charge in [0.15, 0.2) is 0 Å². The fourth-order valence-corrected chi connectivity index (χ4v) is 8.03. The fraction of sp³-hybridized carbons (Fsp3) is 0.0870. The summed E-state index contributed by atoms with van der Waals surface area (Å²) in [5, 5.41) is 2.57. The molecule has 0 saturated heterocycles. The molecule has 0 spiro atoms. The van der Waals surface area contributed by atoms with E-state index in [1.807, 2.05) is 0 Å². The van der Waals surface area contributed by atoms with Crippen LogP contribution in [0.3, 0.4) is 0 Å². The second kappa shape index (κ2) is 10.4. The average molecular weight is 602 g/mol. The van der Waals surface area contributed by atoms with Gasteiger partial charge in [-0.25, -0.2) is 0 Å². The van der Waals surface area contributed by atoms with E-state index in [1.165, 1.54) is 88.7 Å². The number of rotatable bonds is 4. The van der Waals surface area contributed by atoms with E-state index in [9.17, 15) is 0 Å². The molecule has 8 aromatic rings. The zero-order valence-electron chi connectivity index (χ0n) is 27.0. The van der Waals surface area contributed by atoms with Crippen molar-refractivity contribution >= 4 is 21.8 Å². The molecule has 0 atom stereocenters. The van der Waals surface area contributed by atoms with Gasteiger partial charge in [-0.05, 0) is 102 Å². The van der Waals surface area contributed by atoms with Crippen molar-refractivity contribution in [2.24, 2.45) is 0 Å². The second-order valence-corrected chi connectivity index (χ2v) is 13.2. The highest BCUT2D eigenvalue weighted by Gasteiger charge is 2.45. The van der Waals surface area contributed by atoms with Gasteiger partial charge in [0.05, 0.1) is 16.4 Å². The minimum Gasteiger partial charge on any atom is -0.309 e. The molecule has 1 aliphatic rings. The number of fused-ring (bicyclic) bond motifs is 6. The first-order valence-electron chi connectivity index (χ1n) is 16.5. The lowest BCUT2D eigenvalue weighted by Gasteiger charge is -2.34. The van der Waals surface area contributed by atoms with Crippen LogP contribution in [0.5, 0.6) is 0 Å². The predicted octanol–water partition coefficient (Wildman–Crippen LogP) is 11.7. The number of aryl methyl sites for hydroxylation is 3. The molecule has 0 N–H and O–H groups in total. The third-order valence-electron chi connectivity index (χ3n) is 10.3. The van der Waals surface area contributed by atoms with Gasteiger partial charge in [-0.2, -0.15) is 0 Å². The summed E-state index contributed by atoms with van der Waals surface area (Å²) in [6.07, 6.45) is 0. The van der Waals surface area contributed by atoms with Gasteiger partial charge in [0.1, 0.15) is 0 Å². The van der Waals surface area contributed by atoms with E-state index in [0.717, 1.165) is 0 Å². The maximum atomic E-state index is 2.40. The maximum Gasteiger partial charge on any atom is 0.0713 e. The van der Waals surface area contributed by atoms with Crippen LogP contribution in [0.25, 0.3) is 49.7 Å². The number of benzene rings is 7. The molecule has 1 heteroatoms. The monoisotopic (exact) mass is 601 g/mol. The summed E-state index contributed by atoms with van der Waals surface area (Å²) in [6.45, 7) is 6.49. The van der Waals surface area contributed by atoms with Gasteiger partial charge < -0.3 is 4.57 Å². The SMILES string of the molecule is Cc1ccc(-n2c3ccc(C)cc3c3cc(-c4ccc(C5(c6ccc(C)cc6)c6ccccc6-c6ccccc65)cc4)ccc32)cc1. The molecule has 1 nitrogen and oxygen atoms in total. The average Bonchev–Trinajstić information content (AvgIpc) is 3.59. The van der Waals surface area contributed by atoms with Crippen LogP contribution in [0.4, 0.5) is 0 Å². The Kier molecular flexibility index (Phi) is 6.14. The molecule has 0 fully saturated rings. The van der Waals surface area contributed by atoms with Gasteiger partial charge in [-0.15, -0.1) is 0 Å². The van der Waals surface area contributed by atoms with Crippen LogP contribution in [0.2, 0.25) is 0 Å². The lowest BCUT2D eigenvalue weighted by molar-refractivity contribution is 0.768. The van der Waals surface area contributed by atoms with Crippen LogP contribution in [-0.4, -0.2) is 4.57 Å². The summed E-state index contributed by atoms with van der Waals surface area (Å²) in [7, 11) is 0. The molecule has 47 heavy (non-hydrogen) atoms. The van der Waals surface area contributed by atoms with E-state index in [4.69, 9.17) is 0 Å². The zero-order chi connectivity index (χ0) is 31.7. The molecule has 224 valence electrons. The third kappa shape index (κ3) is 4.09. The molecule has 1 aromatic heterocycles. The molecule has 0 bridgehead atoms. The molecule has 7 aromatic carbocycles. The Labute approximate surface area is 276 Å². The molecular weight excluding hydrogens is 567 g/mol. The van der Waals surface area contributed by atoms with Crippen molar-refractivity contribution in [3.8, 4) is 27.9 Å². The van der Waals surface area contributed by atoms with Crippen molar-refractivity contribution in [3.05, 3.63) is 197 Å². The van der Waals surface area contributed by atoms with Crippen molar-refractivity contribution in [1.82, 2.24) is 4.57 Å². The van der Waals surface area contributed by atoms with Crippen LogP contribution < -0.4 is 0 Å². The van der Waals surface area contributed by atoms with Gasteiger partial charge in [0, 0.05) is 16.5 Å². The molecule has 0 radical (unpaired) electrons. The maximum absolute atomic E-state index is 2.40. The van der Waals surface area contributed by atoms with Gasteiger partial charge in [-0.3, -0.25) is 0 Å². The number of aromatic nitrogens is 1. The summed E-state index contributed by atoms with van der Waals surface area (Å²) in [4.78, 5) is 0. The smallest absolute Gasteiger partial charge is 0.0713 e. The van der Waals surface area contributed by atoms with E-state index in [2.05, 4.69) is 183 Å². The first kappa shape index (κ1) is 27.6. The highest BCUT2D eigenvalue weighted by molar-refractivity contribution is 6.10. The summed E-state index contributed by atoms with van der Waals surface area (Å²) >= 11 is 0. The van der Waals surface area contributed by atoms with E-state index in [-0.39, 0.29) is 5.41 Å². The predicted molar refractivity (Wildman–Crippen MR) is 198 cm³/mol. The van der Waals surface area contributed by atoms with E-state index in [0.29, 0.717) is 0 Å². The van der Waals surface area contributed by atoms with Crippen molar-refractivity contribution in [3.63, 3.8) is 0 Å². The highest BCUT2D eigenvalue weighted by atomic mass is 15.0. The van der Waals surface area contributed by atoms with Gasteiger partial charge >= 0.3 is 0 Å². The standard InChI is InChI=1S/C46H35N/c1-30-12-20-35(21-13-30)46(42-10-6-4-8-38(42)39-9-5-7-11-43(39)46)36-22-17-33(18-23-36)34-19-27-45-41(29-34)40-28-32(3)16-26-44(40)47(45)37-24-14-31(2)15-25-37/h4-29H,1-3H3. The number of hydrogen-bond donors (Lipinski definition) is 0. The molecule has 0 saturated carbocycles. The summed E-state index contributed by atoms with van der Waals surface area (Å²) in [5.41, 5.74) is 17.4. The summed E-state index contributed by atoms with van der Waals surface area (Å²) < 4.78 is 2.40. The normalized spacial score (nSPS) is 13.2. The largest absolute Gasteiger partial charge is 0.309 e. The quantitative estimate of drug-likeness (QED) is 0.189. The van der Waals surface area contributed by atoms with E-state index < -0.39 is 0 Å². The van der Waals surface area contributed by atoms with Crippen LogP contribution in [0.15, 0.2) is 158 Å². The molecule has 0 unspecified atom stereocenters. The molecule has 0 amide bonds. The van der Waals surface area contributed by atoms with Gasteiger partial charge in [0.2, 0.25) is 0 Å². The number of nitrogens with zero attached hydrogens (tertiary/aromatic N) is 1. The Morgan fingerprint density at radius 2 is 0.872 bits per heavy atom. The Morgan fingerprint density at radius 1 is 0.404 bits per heavy atom. The van der Waals surface area contributed by atoms with Crippen LogP contribution >= 0.6 is 0 Å². The van der Waals surface area contributed by atoms with Crippen molar-refractivity contribution in [2.45, 2.75) is 26.2 Å². The summed E-state index contributed by atoms with van der Waals surface area (Å²) in [5.74, 6) is 0. The van der Waals surface area contributed by atoms with E-state index in [1.54, 1.807) is 0 Å². The van der Waals surface area contributed by atoms with Crippen LogP contribution in [-0.2, 0) is 5.41 Å². The van der Waals surface area contributed by atoms with Crippen molar-refractivity contribution in [2.75, 3.05) is 0 Å². The third-order valence-corrected chi connectivity index (χ3v) is 10.3. The van der Waals surface area contributed by atoms with Gasteiger partial charge in [0.25, 0.3) is 0 Å². The highest BCUT2D eigenvalue weighted by Crippen LogP contribution is 2.56. The van der Waals surface area contributed by atoms with Crippen molar-refractivity contribution < 1.29 is 0 Å². The first-order valence-corrected chi connectivity index (χ1v) is 16.5. The minimum absolute atomic E-state index is 0.387. The number of hydrogen-bond acceptors (Lipinski definition) is 0. The topological polar surface area (TPSA) is 4.93 Å². The Balaban J connectivity index is 1.22. The molecular formula is C46H35N. The Hall–Kier alpha value is -5.66. The lowest BCUT2D eigenvalue weighted by atomic mass is 9.67. The first-order chi connectivity index (χ1) is 23.0. The fourth-order valence-electron chi connectivity index (χ4n) is 8.03. The molecule has 0 aliphatic heterocycles. The molecule has 1 aliphatic carbocycles. The Bertz CT molecular complexity index is 2410.